The smallest absolute Gasteiger partial charge is 0.219 e. The van der Waals surface area contributed by atoms with Gasteiger partial charge >= 0.3 is 0 Å². The molecule has 1 saturated heterocycles. The lowest BCUT2D eigenvalue weighted by molar-refractivity contribution is -0.110. The number of benzene rings is 2. The molecule has 2 aromatic carbocycles. The van der Waals surface area contributed by atoms with Crippen molar-refractivity contribution >= 4 is 10.0 Å². The summed E-state index contributed by atoms with van der Waals surface area (Å²) in [4.78, 5) is 5.53. The summed E-state index contributed by atoms with van der Waals surface area (Å²) in [6.45, 7) is 6.35. The first kappa shape index (κ1) is 20.9. The van der Waals surface area contributed by atoms with E-state index in [0.717, 1.165) is 5.56 Å². The van der Waals surface area contributed by atoms with Gasteiger partial charge in [-0.05, 0) is 22.6 Å². The molecule has 0 spiro atoms. The van der Waals surface area contributed by atoms with Gasteiger partial charge in [0.1, 0.15) is 11.1 Å². The minimum atomic E-state index is -3.73. The fourth-order valence-electron chi connectivity index (χ4n) is 3.39. The number of nitrogens with zero attached hydrogens (tertiary/aromatic N) is 1. The predicted octanol–water partition coefficient (Wildman–Crippen LogP) is 3.53. The highest BCUT2D eigenvalue weighted by Crippen LogP contribution is 2.34. The molecule has 7 heteroatoms. The quantitative estimate of drug-likeness (QED) is 0.825. The Morgan fingerprint density at radius 1 is 1.14 bits per heavy atom. The zero-order valence-electron chi connectivity index (χ0n) is 16.6. The van der Waals surface area contributed by atoms with Crippen molar-refractivity contribution in [2.45, 2.75) is 44.0 Å². The second-order valence-corrected chi connectivity index (χ2v) is 10.1. The first-order valence-electron chi connectivity index (χ1n) is 9.27. The van der Waals surface area contributed by atoms with E-state index in [0.29, 0.717) is 5.56 Å². The molecule has 28 heavy (non-hydrogen) atoms. The van der Waals surface area contributed by atoms with Crippen LogP contribution in [0.15, 0.2) is 48.5 Å². The molecule has 0 amide bonds. The van der Waals surface area contributed by atoms with Crippen molar-refractivity contribution in [3.05, 3.63) is 71.0 Å². The Kier molecular flexibility index (Phi) is 5.91. The Balaban J connectivity index is 1.81. The lowest BCUT2D eigenvalue weighted by atomic mass is 9.86. The van der Waals surface area contributed by atoms with Gasteiger partial charge in [-0.3, -0.25) is 4.84 Å². The fourth-order valence-corrected chi connectivity index (χ4v) is 4.87. The number of hydroxylamine groups is 2. The summed E-state index contributed by atoms with van der Waals surface area (Å²) in [5, 5.41) is 0.795. The monoisotopic (exact) mass is 406 g/mol. The first-order valence-corrected chi connectivity index (χ1v) is 10.8. The first-order chi connectivity index (χ1) is 13.1. The third-order valence-corrected chi connectivity index (χ3v) is 6.86. The maximum absolute atomic E-state index is 13.8. The minimum Gasteiger partial charge on any atom is -0.297 e. The second-order valence-electron chi connectivity index (χ2n) is 8.15. The molecule has 2 atom stereocenters. The van der Waals surface area contributed by atoms with Gasteiger partial charge in [0.25, 0.3) is 0 Å². The lowest BCUT2D eigenvalue weighted by Gasteiger charge is -2.25. The molecular formula is C21H27FN2O3S. The zero-order chi connectivity index (χ0) is 20.5. The van der Waals surface area contributed by atoms with E-state index in [1.807, 2.05) is 24.3 Å². The molecule has 0 unspecified atom stereocenters. The number of nitrogens with one attached hydrogen (secondary N) is 1. The van der Waals surface area contributed by atoms with Crippen LogP contribution in [-0.4, -0.2) is 32.4 Å². The summed E-state index contributed by atoms with van der Waals surface area (Å²) in [5.74, 6) is -0.431. The molecule has 1 heterocycles. The van der Waals surface area contributed by atoms with E-state index in [4.69, 9.17) is 4.84 Å². The van der Waals surface area contributed by atoms with Gasteiger partial charge in [0.05, 0.1) is 12.6 Å². The van der Waals surface area contributed by atoms with E-state index in [1.165, 1.54) is 11.6 Å². The van der Waals surface area contributed by atoms with E-state index in [2.05, 4.69) is 25.5 Å². The highest BCUT2D eigenvalue weighted by Gasteiger charge is 2.43. The highest BCUT2D eigenvalue weighted by molar-refractivity contribution is 7.90. The summed E-state index contributed by atoms with van der Waals surface area (Å²) in [7, 11) is -2.00. The van der Waals surface area contributed by atoms with Gasteiger partial charge in [-0.15, -0.1) is 0 Å². The molecule has 1 N–H and O–H groups in total. The van der Waals surface area contributed by atoms with E-state index in [1.54, 1.807) is 30.3 Å². The van der Waals surface area contributed by atoms with Crippen LogP contribution >= 0.6 is 0 Å². The minimum absolute atomic E-state index is 0.0173. The Bertz CT molecular complexity index is 923. The van der Waals surface area contributed by atoms with E-state index >= 15 is 0 Å². The van der Waals surface area contributed by atoms with Crippen LogP contribution in [0, 0.1) is 5.82 Å². The molecule has 0 bridgehead atoms. The van der Waals surface area contributed by atoms with Crippen LogP contribution in [0.2, 0.25) is 0 Å². The molecule has 0 aromatic heterocycles. The predicted molar refractivity (Wildman–Crippen MR) is 108 cm³/mol. The number of hydrogen-bond donors (Lipinski definition) is 1. The average Bonchev–Trinajstić information content (AvgIpc) is 3.03. The molecule has 152 valence electrons. The summed E-state index contributed by atoms with van der Waals surface area (Å²) < 4.78 is 42.2. The van der Waals surface area contributed by atoms with E-state index in [-0.39, 0.29) is 18.6 Å². The maximum Gasteiger partial charge on any atom is 0.219 e. The molecule has 1 aliphatic rings. The Morgan fingerprint density at radius 2 is 1.79 bits per heavy atom. The van der Waals surface area contributed by atoms with Crippen LogP contribution in [0.1, 0.15) is 43.5 Å². The topological polar surface area (TPSA) is 58.6 Å². The van der Waals surface area contributed by atoms with Crippen LogP contribution in [0.3, 0.4) is 0 Å². The van der Waals surface area contributed by atoms with Crippen molar-refractivity contribution < 1.29 is 17.6 Å². The molecule has 1 fully saturated rings. The molecule has 3 rings (SSSR count). The number of hydrogen-bond acceptors (Lipinski definition) is 4. The summed E-state index contributed by atoms with van der Waals surface area (Å²) in [6, 6.07) is 13.7. The van der Waals surface area contributed by atoms with Crippen LogP contribution < -0.4 is 4.72 Å². The third kappa shape index (κ3) is 4.43. The molecule has 0 saturated carbocycles. The van der Waals surface area contributed by atoms with Crippen molar-refractivity contribution in [3.63, 3.8) is 0 Å². The van der Waals surface area contributed by atoms with Gasteiger partial charge in [0.15, 0.2) is 0 Å². The van der Waals surface area contributed by atoms with Gasteiger partial charge in [-0.2, -0.15) is 5.06 Å². The zero-order valence-corrected chi connectivity index (χ0v) is 17.5. The molecule has 0 radical (unpaired) electrons. The Hall–Kier alpha value is -1.80. The van der Waals surface area contributed by atoms with Crippen molar-refractivity contribution in [2.75, 3.05) is 13.7 Å². The van der Waals surface area contributed by atoms with Gasteiger partial charge in [-0.25, -0.2) is 17.5 Å². The number of halogens is 1. The largest absolute Gasteiger partial charge is 0.297 e. The average molecular weight is 407 g/mol. The van der Waals surface area contributed by atoms with Crippen LogP contribution in [-0.2, 0) is 26.8 Å². The van der Waals surface area contributed by atoms with Crippen LogP contribution in [0.25, 0.3) is 0 Å². The van der Waals surface area contributed by atoms with Crippen LogP contribution in [0.4, 0.5) is 4.39 Å². The van der Waals surface area contributed by atoms with E-state index < -0.39 is 27.1 Å². The Morgan fingerprint density at radius 3 is 2.39 bits per heavy atom. The normalized spacial score (nSPS) is 21.2. The van der Waals surface area contributed by atoms with Crippen molar-refractivity contribution in [2.24, 2.45) is 0 Å². The number of sulfonamides is 1. The molecule has 2 aromatic rings. The summed E-state index contributed by atoms with van der Waals surface area (Å²) >= 11 is 0. The molecule has 0 aliphatic carbocycles. The standard InChI is InChI=1S/C21H27FN2O3S/c1-21(2,3)17-11-9-15(10-12-17)20-19(14-27-24(20)4)28(25,26)23-13-16-7-5-6-8-18(16)22/h5-12,19-20,23H,13-14H2,1-4H3/t19-,20-/m1/s1. The lowest BCUT2D eigenvalue weighted by Crippen LogP contribution is -2.39. The summed E-state index contributed by atoms with van der Waals surface area (Å²) in [6.07, 6.45) is 0. The van der Waals surface area contributed by atoms with Gasteiger partial charge in [0.2, 0.25) is 10.0 Å². The van der Waals surface area contributed by atoms with Crippen LogP contribution in [0.5, 0.6) is 0 Å². The third-order valence-electron chi connectivity index (χ3n) is 5.12. The van der Waals surface area contributed by atoms with Gasteiger partial charge < -0.3 is 0 Å². The molecule has 1 aliphatic heterocycles. The number of rotatable bonds is 5. The molecular weight excluding hydrogens is 379 g/mol. The highest BCUT2D eigenvalue weighted by atomic mass is 32.2. The van der Waals surface area contributed by atoms with Crippen molar-refractivity contribution in [1.82, 2.24) is 9.79 Å². The van der Waals surface area contributed by atoms with Crippen molar-refractivity contribution in [3.8, 4) is 0 Å². The van der Waals surface area contributed by atoms with Gasteiger partial charge in [0, 0.05) is 19.2 Å². The summed E-state index contributed by atoms with van der Waals surface area (Å²) in [5.41, 5.74) is 2.37. The van der Waals surface area contributed by atoms with E-state index in [9.17, 15) is 12.8 Å². The Labute approximate surface area is 166 Å². The fraction of sp³-hybridized carbons (Fsp3) is 0.429. The van der Waals surface area contributed by atoms with Gasteiger partial charge in [-0.1, -0.05) is 63.2 Å². The maximum atomic E-state index is 13.8. The second kappa shape index (κ2) is 7.91. The molecule has 5 nitrogen and oxygen atoms in total. The van der Waals surface area contributed by atoms with Crippen molar-refractivity contribution in [1.29, 1.82) is 0 Å². The SMILES string of the molecule is CN1OC[C@@H](S(=O)(=O)NCc2ccccc2F)[C@H]1c1ccc(C(C)(C)C)cc1.